The number of rotatable bonds is 7. The Balaban J connectivity index is 1.33. The summed E-state index contributed by atoms with van der Waals surface area (Å²) in [4.78, 5) is 12.4. The van der Waals surface area contributed by atoms with Gasteiger partial charge < -0.3 is 20.3 Å². The first kappa shape index (κ1) is 18.9. The van der Waals surface area contributed by atoms with E-state index >= 15 is 0 Å². The highest BCUT2D eigenvalue weighted by Crippen LogP contribution is 2.38. The van der Waals surface area contributed by atoms with E-state index in [4.69, 9.17) is 4.74 Å². The molecule has 150 valence electrons. The first-order valence-electron chi connectivity index (χ1n) is 9.72. The number of aliphatic hydroxyl groups is 2. The van der Waals surface area contributed by atoms with Gasteiger partial charge in [-0.1, -0.05) is 17.3 Å². The lowest BCUT2D eigenvalue weighted by Crippen LogP contribution is -2.43. The maximum Gasteiger partial charge on any atom is 0.224 e. The van der Waals surface area contributed by atoms with E-state index in [2.05, 4.69) is 15.6 Å². The van der Waals surface area contributed by atoms with E-state index in [0.29, 0.717) is 24.6 Å². The summed E-state index contributed by atoms with van der Waals surface area (Å²) in [6, 6.07) is 6.84. The highest BCUT2D eigenvalue weighted by atomic mass is 16.5. The lowest BCUT2D eigenvalue weighted by Gasteiger charge is -2.18. The molecule has 2 aromatic rings. The van der Waals surface area contributed by atoms with Crippen LogP contribution in [0.2, 0.25) is 0 Å². The fourth-order valence-electron chi connectivity index (χ4n) is 3.88. The minimum Gasteiger partial charge on any atom is -0.497 e. The predicted molar refractivity (Wildman–Crippen MR) is 101 cm³/mol. The Kier molecular flexibility index (Phi) is 5.32. The van der Waals surface area contributed by atoms with Crippen LogP contribution in [0.5, 0.6) is 5.75 Å². The normalized spacial score (nSPS) is 27.0. The lowest BCUT2D eigenvalue weighted by atomic mass is 10.1. The Hall–Kier alpha value is -2.45. The topological polar surface area (TPSA) is 110 Å². The van der Waals surface area contributed by atoms with E-state index in [1.165, 1.54) is 0 Å². The smallest absolute Gasteiger partial charge is 0.224 e. The van der Waals surface area contributed by atoms with Gasteiger partial charge in [-0.25, -0.2) is 0 Å². The van der Waals surface area contributed by atoms with E-state index in [-0.39, 0.29) is 18.2 Å². The Morgan fingerprint density at radius 3 is 2.89 bits per heavy atom. The minimum absolute atomic E-state index is 0.189. The van der Waals surface area contributed by atoms with Crippen LogP contribution < -0.4 is 10.1 Å². The highest BCUT2D eigenvalue weighted by Gasteiger charge is 2.42. The summed E-state index contributed by atoms with van der Waals surface area (Å²) in [5.41, 5.74) is 1.83. The zero-order valence-electron chi connectivity index (χ0n) is 15.9. The molecule has 1 amide bonds. The second-order valence-electron chi connectivity index (χ2n) is 7.82. The molecule has 4 atom stereocenters. The zero-order chi connectivity index (χ0) is 19.7. The summed E-state index contributed by atoms with van der Waals surface area (Å²) in [5.74, 6) is 0.837. The van der Waals surface area contributed by atoms with E-state index in [9.17, 15) is 15.0 Å². The first-order valence-corrected chi connectivity index (χ1v) is 9.72. The van der Waals surface area contributed by atoms with Crippen molar-refractivity contribution in [2.45, 2.75) is 56.4 Å². The van der Waals surface area contributed by atoms with Gasteiger partial charge in [0, 0.05) is 24.6 Å². The Labute approximate surface area is 163 Å². The van der Waals surface area contributed by atoms with Crippen LogP contribution in [0.25, 0.3) is 0 Å². The molecule has 2 saturated carbocycles. The predicted octanol–water partition coefficient (Wildman–Crippen LogP) is 0.633. The highest BCUT2D eigenvalue weighted by molar-refractivity contribution is 5.79. The van der Waals surface area contributed by atoms with Gasteiger partial charge in [0.25, 0.3) is 0 Å². The van der Waals surface area contributed by atoms with E-state index in [0.717, 1.165) is 24.1 Å². The van der Waals surface area contributed by atoms with Gasteiger partial charge in [-0.15, -0.1) is 5.10 Å². The minimum atomic E-state index is -0.995. The summed E-state index contributed by atoms with van der Waals surface area (Å²) < 4.78 is 6.90. The van der Waals surface area contributed by atoms with Gasteiger partial charge in [0.15, 0.2) is 0 Å². The lowest BCUT2D eigenvalue weighted by molar-refractivity contribution is -0.122. The number of carbonyl (C=O) groups is 1. The molecule has 2 aliphatic rings. The van der Waals surface area contributed by atoms with Crippen molar-refractivity contribution >= 4 is 5.91 Å². The van der Waals surface area contributed by atoms with Gasteiger partial charge in [-0.2, -0.15) is 0 Å². The van der Waals surface area contributed by atoms with Crippen LogP contribution in [0.3, 0.4) is 0 Å². The van der Waals surface area contributed by atoms with Crippen molar-refractivity contribution in [3.05, 3.63) is 41.7 Å². The Morgan fingerprint density at radius 1 is 1.32 bits per heavy atom. The number of amides is 1. The van der Waals surface area contributed by atoms with Crippen molar-refractivity contribution in [3.8, 4) is 5.75 Å². The third kappa shape index (κ3) is 4.18. The monoisotopic (exact) mass is 386 g/mol. The number of aromatic nitrogens is 3. The van der Waals surface area contributed by atoms with Gasteiger partial charge in [-0.05, 0) is 37.0 Å². The molecule has 2 fully saturated rings. The molecule has 2 aliphatic carbocycles. The Morgan fingerprint density at radius 2 is 2.14 bits per heavy atom. The molecule has 0 bridgehead atoms. The molecule has 1 aromatic carbocycles. The van der Waals surface area contributed by atoms with Crippen molar-refractivity contribution < 1.29 is 19.7 Å². The first-order chi connectivity index (χ1) is 13.5. The third-order valence-corrected chi connectivity index (χ3v) is 5.62. The standard InChI is InChI=1S/C20H26N4O4/c1-28-15-4-2-3-12(7-15)8-18(25)21-16-9-14(19(26)20(16)27)10-24-11-17(22-23-24)13-5-6-13/h2-4,7,11,13-14,16,19-20,26-27H,5-6,8-10H2,1H3,(H,21,25)/t14-,16-,19-,20+/m1/s1. The van der Waals surface area contributed by atoms with Gasteiger partial charge >= 0.3 is 0 Å². The van der Waals surface area contributed by atoms with Crippen LogP contribution >= 0.6 is 0 Å². The van der Waals surface area contributed by atoms with Crippen LogP contribution in [0.15, 0.2) is 30.5 Å². The van der Waals surface area contributed by atoms with Gasteiger partial charge in [0.1, 0.15) is 11.9 Å². The molecular weight excluding hydrogens is 360 g/mol. The SMILES string of the molecule is COc1cccc(CC(=O)N[C@@H]2C[C@H](Cn3cc(C4CC4)nn3)[C@@H](O)[C@H]2O)c1. The quantitative estimate of drug-likeness (QED) is 0.644. The van der Waals surface area contributed by atoms with Gasteiger partial charge in [0.05, 0.1) is 31.4 Å². The fraction of sp³-hybridized carbons (Fsp3) is 0.550. The van der Waals surface area contributed by atoms with Crippen LogP contribution in [-0.2, 0) is 17.8 Å². The van der Waals surface area contributed by atoms with Crippen LogP contribution in [0, 0.1) is 5.92 Å². The number of ether oxygens (including phenoxy) is 1. The molecule has 4 rings (SSSR count). The molecule has 0 radical (unpaired) electrons. The molecule has 0 spiro atoms. The summed E-state index contributed by atoms with van der Waals surface area (Å²) in [5, 5.41) is 32.0. The van der Waals surface area contributed by atoms with Crippen LogP contribution in [0.1, 0.15) is 36.4 Å². The van der Waals surface area contributed by atoms with Crippen molar-refractivity contribution in [1.82, 2.24) is 20.3 Å². The molecule has 0 unspecified atom stereocenters. The molecular formula is C20H26N4O4. The summed E-state index contributed by atoms with van der Waals surface area (Å²) in [6.45, 7) is 0.472. The number of aliphatic hydroxyl groups excluding tert-OH is 2. The molecule has 8 nitrogen and oxygen atoms in total. The fourth-order valence-corrected chi connectivity index (χ4v) is 3.88. The van der Waals surface area contributed by atoms with Crippen molar-refractivity contribution in [2.75, 3.05) is 7.11 Å². The second kappa shape index (κ2) is 7.89. The van der Waals surface area contributed by atoms with E-state index in [1.54, 1.807) is 11.8 Å². The summed E-state index contributed by atoms with van der Waals surface area (Å²) >= 11 is 0. The summed E-state index contributed by atoms with van der Waals surface area (Å²) in [6.07, 6.45) is 3.02. The van der Waals surface area contributed by atoms with Crippen molar-refractivity contribution in [3.63, 3.8) is 0 Å². The molecule has 28 heavy (non-hydrogen) atoms. The second-order valence-corrected chi connectivity index (χ2v) is 7.82. The average molecular weight is 386 g/mol. The molecule has 1 heterocycles. The maximum absolute atomic E-state index is 12.4. The molecule has 0 saturated heterocycles. The maximum atomic E-state index is 12.4. The number of nitrogens with one attached hydrogen (secondary N) is 1. The zero-order valence-corrected chi connectivity index (χ0v) is 15.9. The number of carbonyl (C=O) groups excluding carboxylic acids is 1. The van der Waals surface area contributed by atoms with Crippen LogP contribution in [-0.4, -0.2) is 56.5 Å². The number of methoxy groups -OCH3 is 1. The van der Waals surface area contributed by atoms with Crippen molar-refractivity contribution in [1.29, 1.82) is 0 Å². The molecule has 0 aliphatic heterocycles. The number of nitrogens with zero attached hydrogens (tertiary/aromatic N) is 3. The van der Waals surface area contributed by atoms with E-state index in [1.807, 2.05) is 30.5 Å². The number of hydrogen-bond acceptors (Lipinski definition) is 6. The van der Waals surface area contributed by atoms with Crippen molar-refractivity contribution in [2.24, 2.45) is 5.92 Å². The molecule has 8 heteroatoms. The van der Waals surface area contributed by atoms with Gasteiger partial charge in [-0.3, -0.25) is 9.48 Å². The Bertz CT molecular complexity index is 835. The summed E-state index contributed by atoms with van der Waals surface area (Å²) in [7, 11) is 1.58. The van der Waals surface area contributed by atoms with E-state index < -0.39 is 18.2 Å². The number of hydrogen-bond donors (Lipinski definition) is 3. The van der Waals surface area contributed by atoms with Gasteiger partial charge in [0.2, 0.25) is 5.91 Å². The third-order valence-electron chi connectivity index (χ3n) is 5.62. The van der Waals surface area contributed by atoms with Crippen LogP contribution in [0.4, 0.5) is 0 Å². The average Bonchev–Trinajstić information content (AvgIpc) is 3.38. The number of benzene rings is 1. The largest absolute Gasteiger partial charge is 0.497 e. The molecule has 1 aromatic heterocycles. The molecule has 3 N–H and O–H groups in total.